The van der Waals surface area contributed by atoms with Crippen molar-refractivity contribution >= 4 is 5.91 Å². The van der Waals surface area contributed by atoms with E-state index in [1.165, 1.54) is 45.2 Å². The number of rotatable bonds is 2. The van der Waals surface area contributed by atoms with Gasteiger partial charge in [0, 0.05) is 25.7 Å². The normalized spacial score (nSPS) is 33.5. The molecule has 0 aromatic carbocycles. The molecule has 3 heterocycles. The number of piperidine rings is 2. The Hall–Kier alpha value is -0.610. The molecule has 3 fully saturated rings. The zero-order valence-corrected chi connectivity index (χ0v) is 12.8. The average Bonchev–Trinajstić information content (AvgIpc) is 2.94. The predicted octanol–water partition coefficient (Wildman–Crippen LogP) is 1.32. The highest BCUT2D eigenvalue weighted by Crippen LogP contribution is 2.24. The molecule has 114 valence electrons. The number of nitrogens with one attached hydrogen (secondary N) is 1. The van der Waals surface area contributed by atoms with E-state index in [1.807, 2.05) is 0 Å². The van der Waals surface area contributed by atoms with Crippen molar-refractivity contribution in [3.05, 3.63) is 0 Å². The third kappa shape index (κ3) is 3.01. The van der Waals surface area contributed by atoms with E-state index in [0.29, 0.717) is 11.8 Å². The van der Waals surface area contributed by atoms with Gasteiger partial charge in [0.05, 0.1) is 5.92 Å². The molecule has 1 amide bonds. The summed E-state index contributed by atoms with van der Waals surface area (Å²) in [4.78, 5) is 17.4. The standard InChI is InChI=1S/C16H29N3O/c1-13-11-17-12-15(13)16(20)19-9-5-14(6-10-19)18-7-3-2-4-8-18/h13-15,17H,2-12H2,1H3/t13-,15-/m1/s1. The molecule has 4 heteroatoms. The van der Waals surface area contributed by atoms with Gasteiger partial charge in [-0.2, -0.15) is 0 Å². The Morgan fingerprint density at radius 1 is 1.00 bits per heavy atom. The van der Waals surface area contributed by atoms with Gasteiger partial charge in [0.15, 0.2) is 0 Å². The fourth-order valence-corrected chi connectivity index (χ4v) is 4.11. The number of hydrogen-bond acceptors (Lipinski definition) is 3. The number of likely N-dealkylation sites (tertiary alicyclic amines) is 2. The fraction of sp³-hybridized carbons (Fsp3) is 0.938. The van der Waals surface area contributed by atoms with Gasteiger partial charge < -0.3 is 15.1 Å². The first-order chi connectivity index (χ1) is 9.75. The lowest BCUT2D eigenvalue weighted by molar-refractivity contribution is -0.137. The Bertz CT molecular complexity index is 333. The highest BCUT2D eigenvalue weighted by atomic mass is 16.2. The minimum atomic E-state index is 0.224. The van der Waals surface area contributed by atoms with Gasteiger partial charge in [-0.1, -0.05) is 13.3 Å². The van der Waals surface area contributed by atoms with Crippen molar-refractivity contribution in [1.29, 1.82) is 0 Å². The Kier molecular flexibility index (Phi) is 4.61. The van der Waals surface area contributed by atoms with Gasteiger partial charge >= 0.3 is 0 Å². The molecule has 3 saturated heterocycles. The summed E-state index contributed by atoms with van der Waals surface area (Å²) in [6.45, 7) is 8.59. The molecule has 0 spiro atoms. The summed E-state index contributed by atoms with van der Waals surface area (Å²) in [6, 6.07) is 0.735. The van der Waals surface area contributed by atoms with E-state index in [1.54, 1.807) is 0 Å². The molecule has 4 nitrogen and oxygen atoms in total. The van der Waals surface area contributed by atoms with Crippen molar-refractivity contribution in [3.8, 4) is 0 Å². The van der Waals surface area contributed by atoms with Crippen LogP contribution in [0.2, 0.25) is 0 Å². The van der Waals surface area contributed by atoms with Crippen LogP contribution < -0.4 is 5.32 Å². The summed E-state index contributed by atoms with van der Waals surface area (Å²) in [6.07, 6.45) is 6.50. The Morgan fingerprint density at radius 2 is 1.70 bits per heavy atom. The molecule has 0 unspecified atom stereocenters. The number of nitrogens with zero attached hydrogens (tertiary/aromatic N) is 2. The number of hydrogen-bond donors (Lipinski definition) is 1. The second kappa shape index (κ2) is 6.44. The highest BCUT2D eigenvalue weighted by Gasteiger charge is 2.35. The molecule has 0 aliphatic carbocycles. The van der Waals surface area contributed by atoms with Crippen molar-refractivity contribution < 1.29 is 4.79 Å². The number of carbonyl (C=O) groups is 1. The van der Waals surface area contributed by atoms with Crippen LogP contribution in [-0.2, 0) is 4.79 Å². The van der Waals surface area contributed by atoms with Crippen molar-refractivity contribution in [2.75, 3.05) is 39.3 Å². The fourth-order valence-electron chi connectivity index (χ4n) is 4.11. The van der Waals surface area contributed by atoms with E-state index in [4.69, 9.17) is 0 Å². The molecular formula is C16H29N3O. The van der Waals surface area contributed by atoms with Crippen LogP contribution in [0.3, 0.4) is 0 Å². The quantitative estimate of drug-likeness (QED) is 0.828. The minimum Gasteiger partial charge on any atom is -0.342 e. The van der Waals surface area contributed by atoms with E-state index in [-0.39, 0.29) is 5.92 Å². The van der Waals surface area contributed by atoms with E-state index < -0.39 is 0 Å². The lowest BCUT2D eigenvalue weighted by Gasteiger charge is -2.41. The molecule has 0 saturated carbocycles. The van der Waals surface area contributed by atoms with Crippen molar-refractivity contribution in [2.24, 2.45) is 11.8 Å². The van der Waals surface area contributed by atoms with Crippen LogP contribution in [-0.4, -0.2) is 61.0 Å². The van der Waals surface area contributed by atoms with Crippen LogP contribution in [0.15, 0.2) is 0 Å². The summed E-state index contributed by atoms with van der Waals surface area (Å²) < 4.78 is 0. The monoisotopic (exact) mass is 279 g/mol. The number of amides is 1. The first kappa shape index (κ1) is 14.3. The summed E-state index contributed by atoms with van der Waals surface area (Å²) >= 11 is 0. The summed E-state index contributed by atoms with van der Waals surface area (Å²) in [5, 5.41) is 3.35. The van der Waals surface area contributed by atoms with E-state index in [2.05, 4.69) is 22.0 Å². The molecular weight excluding hydrogens is 250 g/mol. The van der Waals surface area contributed by atoms with Gasteiger partial charge in [-0.05, 0) is 51.2 Å². The van der Waals surface area contributed by atoms with Gasteiger partial charge in [-0.3, -0.25) is 4.79 Å². The van der Waals surface area contributed by atoms with Gasteiger partial charge in [0.2, 0.25) is 5.91 Å². The first-order valence-corrected chi connectivity index (χ1v) is 8.49. The molecule has 1 N–H and O–H groups in total. The van der Waals surface area contributed by atoms with Gasteiger partial charge in [-0.15, -0.1) is 0 Å². The Morgan fingerprint density at radius 3 is 2.30 bits per heavy atom. The second-order valence-corrected chi connectivity index (χ2v) is 6.90. The van der Waals surface area contributed by atoms with Crippen LogP contribution in [0, 0.1) is 11.8 Å². The van der Waals surface area contributed by atoms with E-state index in [0.717, 1.165) is 32.2 Å². The first-order valence-electron chi connectivity index (χ1n) is 8.49. The topological polar surface area (TPSA) is 35.6 Å². The maximum Gasteiger partial charge on any atom is 0.227 e. The maximum atomic E-state index is 12.6. The zero-order valence-electron chi connectivity index (χ0n) is 12.8. The zero-order chi connectivity index (χ0) is 13.9. The molecule has 3 aliphatic rings. The van der Waals surface area contributed by atoms with Crippen molar-refractivity contribution in [3.63, 3.8) is 0 Å². The summed E-state index contributed by atoms with van der Waals surface area (Å²) in [5.74, 6) is 1.13. The maximum absolute atomic E-state index is 12.6. The molecule has 20 heavy (non-hydrogen) atoms. The van der Waals surface area contributed by atoms with Crippen molar-refractivity contribution in [2.45, 2.75) is 45.1 Å². The SMILES string of the molecule is C[C@@H]1CNC[C@H]1C(=O)N1CCC(N2CCCCC2)CC1. The predicted molar refractivity (Wildman–Crippen MR) is 80.5 cm³/mol. The van der Waals surface area contributed by atoms with E-state index in [9.17, 15) is 4.79 Å². The molecule has 0 bridgehead atoms. The highest BCUT2D eigenvalue weighted by molar-refractivity contribution is 5.79. The summed E-state index contributed by atoms with van der Waals surface area (Å²) in [5.41, 5.74) is 0. The third-order valence-electron chi connectivity index (χ3n) is 5.52. The third-order valence-corrected chi connectivity index (χ3v) is 5.52. The molecule has 3 rings (SSSR count). The van der Waals surface area contributed by atoms with Crippen molar-refractivity contribution in [1.82, 2.24) is 15.1 Å². The van der Waals surface area contributed by atoms with Crippen LogP contribution in [0.1, 0.15) is 39.0 Å². The van der Waals surface area contributed by atoms with Crippen LogP contribution in [0.5, 0.6) is 0 Å². The van der Waals surface area contributed by atoms with Crippen LogP contribution >= 0.6 is 0 Å². The number of carbonyl (C=O) groups excluding carboxylic acids is 1. The molecule has 2 atom stereocenters. The molecule has 0 aromatic rings. The Labute approximate surface area is 122 Å². The lowest BCUT2D eigenvalue weighted by Crippen LogP contribution is -2.50. The minimum absolute atomic E-state index is 0.224. The molecule has 0 aromatic heterocycles. The van der Waals surface area contributed by atoms with Gasteiger partial charge in [0.25, 0.3) is 0 Å². The second-order valence-electron chi connectivity index (χ2n) is 6.90. The van der Waals surface area contributed by atoms with Crippen LogP contribution in [0.4, 0.5) is 0 Å². The van der Waals surface area contributed by atoms with Gasteiger partial charge in [0.1, 0.15) is 0 Å². The van der Waals surface area contributed by atoms with Gasteiger partial charge in [-0.25, -0.2) is 0 Å². The summed E-state index contributed by atoms with van der Waals surface area (Å²) in [7, 11) is 0. The molecule has 3 aliphatic heterocycles. The Balaban J connectivity index is 1.49. The smallest absolute Gasteiger partial charge is 0.227 e. The average molecular weight is 279 g/mol. The largest absolute Gasteiger partial charge is 0.342 e. The van der Waals surface area contributed by atoms with Crippen LogP contribution in [0.25, 0.3) is 0 Å². The molecule has 0 radical (unpaired) electrons. The van der Waals surface area contributed by atoms with E-state index >= 15 is 0 Å². The lowest BCUT2D eigenvalue weighted by atomic mass is 9.94.